The number of benzene rings is 3. The summed E-state index contributed by atoms with van der Waals surface area (Å²) in [7, 11) is 0. The fourth-order valence-electron chi connectivity index (χ4n) is 2.87. The van der Waals surface area contributed by atoms with Crippen molar-refractivity contribution in [1.82, 2.24) is 5.43 Å². The zero-order valence-corrected chi connectivity index (χ0v) is 18.0. The molecule has 0 spiro atoms. The van der Waals surface area contributed by atoms with Crippen LogP contribution in [0, 0.1) is 0 Å². The molecule has 32 heavy (non-hydrogen) atoms. The summed E-state index contributed by atoms with van der Waals surface area (Å²) in [4.78, 5) is 23.3. The van der Waals surface area contributed by atoms with Crippen LogP contribution in [0.3, 0.4) is 0 Å². The van der Waals surface area contributed by atoms with E-state index in [0.717, 1.165) is 11.1 Å². The summed E-state index contributed by atoms with van der Waals surface area (Å²) >= 11 is 0. The number of amides is 2. The predicted molar refractivity (Wildman–Crippen MR) is 124 cm³/mol. The summed E-state index contributed by atoms with van der Waals surface area (Å²) < 4.78 is 11.6. The van der Waals surface area contributed by atoms with Crippen LogP contribution in [0.2, 0.25) is 0 Å². The van der Waals surface area contributed by atoms with Crippen LogP contribution in [0.4, 0.5) is 5.69 Å². The maximum absolute atomic E-state index is 12.3. The van der Waals surface area contributed by atoms with E-state index in [4.69, 9.17) is 9.47 Å². The maximum Gasteiger partial charge on any atom is 0.271 e. The van der Waals surface area contributed by atoms with E-state index >= 15 is 0 Å². The average molecular weight is 431 g/mol. The van der Waals surface area contributed by atoms with Gasteiger partial charge in [-0.1, -0.05) is 30.3 Å². The highest BCUT2D eigenvalue weighted by Gasteiger charge is 2.07. The first-order chi connectivity index (χ1) is 15.5. The molecule has 0 aromatic heterocycles. The van der Waals surface area contributed by atoms with Crippen molar-refractivity contribution >= 4 is 23.7 Å². The van der Waals surface area contributed by atoms with Gasteiger partial charge in [-0.25, -0.2) is 5.43 Å². The number of hydrogen-bond donors (Lipinski definition) is 2. The lowest BCUT2D eigenvalue weighted by Gasteiger charge is -2.12. The molecule has 0 saturated carbocycles. The van der Waals surface area contributed by atoms with E-state index in [1.807, 2.05) is 55.5 Å². The van der Waals surface area contributed by atoms with E-state index < -0.39 is 0 Å². The molecule has 3 aromatic rings. The minimum Gasteiger partial charge on any atom is -0.490 e. The lowest BCUT2D eigenvalue weighted by molar-refractivity contribution is -0.114. The number of carbonyl (C=O) groups excluding carboxylic acids is 2. The fraction of sp³-hybridized carbons (Fsp3) is 0.160. The minimum absolute atomic E-state index is 0.172. The number of ether oxygens (including phenoxy) is 2. The molecule has 0 saturated heterocycles. The Morgan fingerprint density at radius 2 is 1.69 bits per heavy atom. The van der Waals surface area contributed by atoms with Crippen molar-refractivity contribution in [3.8, 4) is 11.5 Å². The summed E-state index contributed by atoms with van der Waals surface area (Å²) in [5.41, 5.74) is 5.35. The van der Waals surface area contributed by atoms with E-state index in [-0.39, 0.29) is 11.8 Å². The third-order valence-corrected chi connectivity index (χ3v) is 4.35. The van der Waals surface area contributed by atoms with Gasteiger partial charge in [-0.05, 0) is 60.5 Å². The Morgan fingerprint density at radius 3 is 2.38 bits per heavy atom. The molecule has 2 amide bonds. The molecule has 3 aromatic carbocycles. The van der Waals surface area contributed by atoms with E-state index in [0.29, 0.717) is 36.0 Å². The van der Waals surface area contributed by atoms with Crippen LogP contribution in [0.25, 0.3) is 0 Å². The van der Waals surface area contributed by atoms with Crippen LogP contribution in [0.1, 0.15) is 35.3 Å². The molecule has 0 unspecified atom stereocenters. The normalized spacial score (nSPS) is 10.6. The van der Waals surface area contributed by atoms with Gasteiger partial charge in [0.25, 0.3) is 5.91 Å². The van der Waals surface area contributed by atoms with E-state index in [1.54, 1.807) is 24.3 Å². The van der Waals surface area contributed by atoms with Gasteiger partial charge in [0, 0.05) is 18.2 Å². The van der Waals surface area contributed by atoms with Gasteiger partial charge in [0.05, 0.1) is 12.8 Å². The van der Waals surface area contributed by atoms with Crippen molar-refractivity contribution in [2.24, 2.45) is 5.10 Å². The van der Waals surface area contributed by atoms with Gasteiger partial charge in [-0.15, -0.1) is 0 Å². The van der Waals surface area contributed by atoms with Crippen molar-refractivity contribution in [2.45, 2.75) is 20.5 Å². The summed E-state index contributed by atoms with van der Waals surface area (Å²) in [6, 6.07) is 21.9. The van der Waals surface area contributed by atoms with Crippen LogP contribution in [-0.2, 0) is 11.4 Å². The molecular formula is C25H25N3O4. The first-order valence-corrected chi connectivity index (χ1v) is 10.2. The molecule has 0 aliphatic heterocycles. The Hall–Kier alpha value is -4.13. The van der Waals surface area contributed by atoms with Crippen LogP contribution >= 0.6 is 0 Å². The van der Waals surface area contributed by atoms with Crippen molar-refractivity contribution < 1.29 is 19.1 Å². The number of anilines is 1. The molecule has 7 nitrogen and oxygen atoms in total. The Morgan fingerprint density at radius 1 is 0.938 bits per heavy atom. The van der Waals surface area contributed by atoms with Crippen LogP contribution in [-0.4, -0.2) is 24.6 Å². The molecule has 7 heteroatoms. The number of nitrogens with one attached hydrogen (secondary N) is 2. The Balaban J connectivity index is 1.61. The quantitative estimate of drug-likeness (QED) is 0.389. The van der Waals surface area contributed by atoms with E-state index in [9.17, 15) is 9.59 Å². The van der Waals surface area contributed by atoms with Crippen molar-refractivity contribution in [2.75, 3.05) is 11.9 Å². The van der Waals surface area contributed by atoms with Crippen molar-refractivity contribution in [3.63, 3.8) is 0 Å². The van der Waals surface area contributed by atoms with Gasteiger partial charge in [0.2, 0.25) is 5.91 Å². The summed E-state index contributed by atoms with van der Waals surface area (Å²) in [5.74, 6) is 0.710. The monoisotopic (exact) mass is 431 g/mol. The molecule has 0 aliphatic rings. The van der Waals surface area contributed by atoms with Gasteiger partial charge in [-0.2, -0.15) is 5.10 Å². The maximum atomic E-state index is 12.3. The number of carbonyl (C=O) groups is 2. The molecule has 0 atom stereocenters. The highest BCUT2D eigenvalue weighted by molar-refractivity contribution is 5.96. The zero-order chi connectivity index (χ0) is 22.8. The van der Waals surface area contributed by atoms with E-state index in [2.05, 4.69) is 15.8 Å². The van der Waals surface area contributed by atoms with Crippen molar-refractivity contribution in [3.05, 3.63) is 89.5 Å². The fourth-order valence-corrected chi connectivity index (χ4v) is 2.87. The molecule has 0 bridgehead atoms. The average Bonchev–Trinajstić information content (AvgIpc) is 2.79. The Bertz CT molecular complexity index is 1080. The highest BCUT2D eigenvalue weighted by atomic mass is 16.5. The summed E-state index contributed by atoms with van der Waals surface area (Å²) in [5, 5.41) is 6.67. The van der Waals surface area contributed by atoms with Gasteiger partial charge in [0.1, 0.15) is 6.61 Å². The van der Waals surface area contributed by atoms with Gasteiger partial charge in [0.15, 0.2) is 11.5 Å². The molecule has 164 valence electrons. The van der Waals surface area contributed by atoms with Gasteiger partial charge in [-0.3, -0.25) is 9.59 Å². The standard InChI is InChI=1S/C25H25N3O4/c1-3-31-24-15-20(9-14-23(24)32-17-19-7-5-4-6-8-19)16-26-28-25(30)21-10-12-22(13-11-21)27-18(2)29/h4-16H,3,17H2,1-2H3,(H,27,29)(H,28,30)/b26-16-. The highest BCUT2D eigenvalue weighted by Crippen LogP contribution is 2.28. The topological polar surface area (TPSA) is 89.0 Å². The number of nitrogens with zero attached hydrogens (tertiary/aromatic N) is 1. The smallest absolute Gasteiger partial charge is 0.271 e. The third kappa shape index (κ3) is 6.70. The SMILES string of the molecule is CCOc1cc(/C=N\NC(=O)c2ccc(NC(C)=O)cc2)ccc1OCc1ccccc1. The molecule has 0 fully saturated rings. The van der Waals surface area contributed by atoms with Crippen molar-refractivity contribution in [1.29, 1.82) is 0 Å². The number of hydrazone groups is 1. The molecular weight excluding hydrogens is 406 g/mol. The second-order valence-corrected chi connectivity index (χ2v) is 6.87. The second-order valence-electron chi connectivity index (χ2n) is 6.87. The molecule has 3 rings (SSSR count). The molecule has 0 heterocycles. The van der Waals surface area contributed by atoms with Gasteiger partial charge >= 0.3 is 0 Å². The van der Waals surface area contributed by atoms with Crippen LogP contribution in [0.15, 0.2) is 77.9 Å². The third-order valence-electron chi connectivity index (χ3n) is 4.35. The molecule has 0 radical (unpaired) electrons. The Labute approximate surface area is 187 Å². The summed E-state index contributed by atoms with van der Waals surface area (Å²) in [6.07, 6.45) is 1.53. The van der Waals surface area contributed by atoms with E-state index in [1.165, 1.54) is 13.1 Å². The number of hydrogen-bond acceptors (Lipinski definition) is 5. The summed E-state index contributed by atoms with van der Waals surface area (Å²) in [6.45, 7) is 4.26. The molecule has 0 aliphatic carbocycles. The van der Waals surface area contributed by atoms with Crippen LogP contribution < -0.4 is 20.2 Å². The molecule has 2 N–H and O–H groups in total. The van der Waals surface area contributed by atoms with Gasteiger partial charge < -0.3 is 14.8 Å². The largest absolute Gasteiger partial charge is 0.490 e. The Kier molecular flexibility index (Phi) is 7.97. The zero-order valence-electron chi connectivity index (χ0n) is 18.0. The number of rotatable bonds is 9. The minimum atomic E-state index is -0.358. The first kappa shape index (κ1) is 22.6. The first-order valence-electron chi connectivity index (χ1n) is 10.2. The van der Waals surface area contributed by atoms with Crippen LogP contribution in [0.5, 0.6) is 11.5 Å². The predicted octanol–water partition coefficient (Wildman–Crippen LogP) is 4.39. The lowest BCUT2D eigenvalue weighted by atomic mass is 10.2. The lowest BCUT2D eigenvalue weighted by Crippen LogP contribution is -2.17. The second kappa shape index (κ2) is 11.3.